The van der Waals surface area contributed by atoms with Crippen LogP contribution in [0, 0.1) is 13.8 Å². The summed E-state index contributed by atoms with van der Waals surface area (Å²) in [6.07, 6.45) is 1.36. The van der Waals surface area contributed by atoms with Gasteiger partial charge in [0.25, 0.3) is 5.91 Å². The maximum absolute atomic E-state index is 12.5. The van der Waals surface area contributed by atoms with Crippen molar-refractivity contribution in [3.05, 3.63) is 76.5 Å². The average Bonchev–Trinajstić information content (AvgIpc) is 3.34. The van der Waals surface area contributed by atoms with Crippen molar-refractivity contribution in [1.29, 1.82) is 0 Å². The Kier molecular flexibility index (Phi) is 5.96. The fraction of sp³-hybridized carbons (Fsp3) is 0.182. The van der Waals surface area contributed by atoms with Gasteiger partial charge in [-0.15, -0.1) is 0 Å². The molecule has 0 unspecified atom stereocenters. The third-order valence-electron chi connectivity index (χ3n) is 4.54. The summed E-state index contributed by atoms with van der Waals surface area (Å²) in [5.41, 5.74) is 2.10. The number of anilines is 1. The predicted octanol–water partition coefficient (Wildman–Crippen LogP) is 3.72. The van der Waals surface area contributed by atoms with Crippen LogP contribution in [0.3, 0.4) is 0 Å². The number of furan rings is 1. The summed E-state index contributed by atoms with van der Waals surface area (Å²) in [4.78, 5) is 51.8. The molecule has 0 bridgehead atoms. The largest absolute Gasteiger partial charge is 0.459 e. The molecule has 0 saturated heterocycles. The number of amides is 1. The zero-order valence-corrected chi connectivity index (χ0v) is 16.7. The smallest absolute Gasteiger partial charge is 0.340 e. The Balaban J connectivity index is 1.71. The second-order valence-corrected chi connectivity index (χ2v) is 6.66. The van der Waals surface area contributed by atoms with Gasteiger partial charge in [0.05, 0.1) is 23.2 Å². The van der Waals surface area contributed by atoms with Crippen LogP contribution < -0.4 is 5.32 Å². The van der Waals surface area contributed by atoms with E-state index in [9.17, 15) is 19.2 Å². The summed E-state index contributed by atoms with van der Waals surface area (Å²) < 4.78 is 10.2. The highest BCUT2D eigenvalue weighted by atomic mass is 16.5. The zero-order chi connectivity index (χ0) is 21.8. The Bertz CT molecular complexity index is 1120. The molecule has 0 aliphatic rings. The number of carbonyl (C=O) groups excluding carboxylic acids is 4. The number of rotatable bonds is 7. The third-order valence-corrected chi connectivity index (χ3v) is 4.54. The van der Waals surface area contributed by atoms with E-state index >= 15 is 0 Å². The van der Waals surface area contributed by atoms with Crippen LogP contribution in [0.15, 0.2) is 47.1 Å². The van der Waals surface area contributed by atoms with Crippen LogP contribution in [0.2, 0.25) is 0 Å². The fourth-order valence-electron chi connectivity index (χ4n) is 3.20. The molecule has 0 spiro atoms. The first-order valence-electron chi connectivity index (χ1n) is 9.14. The van der Waals surface area contributed by atoms with E-state index in [0.29, 0.717) is 16.8 Å². The number of nitrogens with one attached hydrogen (secondary N) is 2. The van der Waals surface area contributed by atoms with Crippen molar-refractivity contribution in [2.45, 2.75) is 20.8 Å². The first-order chi connectivity index (χ1) is 14.3. The maximum atomic E-state index is 12.5. The number of ketones is 2. The van der Waals surface area contributed by atoms with E-state index in [1.165, 1.54) is 31.4 Å². The van der Waals surface area contributed by atoms with Crippen LogP contribution in [0.5, 0.6) is 0 Å². The molecule has 0 aliphatic heterocycles. The molecule has 8 nitrogen and oxygen atoms in total. The van der Waals surface area contributed by atoms with Gasteiger partial charge in [0, 0.05) is 11.3 Å². The number of aromatic nitrogens is 1. The molecule has 2 N–H and O–H groups in total. The van der Waals surface area contributed by atoms with Crippen LogP contribution in [0.4, 0.5) is 5.69 Å². The van der Waals surface area contributed by atoms with E-state index in [0.717, 1.165) is 0 Å². The minimum Gasteiger partial charge on any atom is -0.459 e. The first kappa shape index (κ1) is 20.8. The van der Waals surface area contributed by atoms with E-state index in [1.807, 2.05) is 0 Å². The average molecular weight is 408 g/mol. The molecule has 0 aliphatic carbocycles. The molecule has 0 fully saturated rings. The number of carbonyl (C=O) groups is 4. The standard InChI is InChI=1S/C22H20N2O6/c1-12-19(14(3)25)13(2)23-20(12)17(26)11-30-22(28)15-7-4-5-8-16(15)24-21(27)18-9-6-10-29-18/h4-10,23H,11H2,1-3H3,(H,24,27). The number of hydrogen-bond acceptors (Lipinski definition) is 6. The number of ether oxygens (including phenoxy) is 1. The third kappa shape index (κ3) is 4.22. The number of aromatic amines is 1. The molecule has 154 valence electrons. The lowest BCUT2D eigenvalue weighted by Crippen LogP contribution is -2.18. The summed E-state index contributed by atoms with van der Waals surface area (Å²) in [5, 5.41) is 2.58. The van der Waals surface area contributed by atoms with Gasteiger partial charge in [-0.25, -0.2) is 4.79 Å². The van der Waals surface area contributed by atoms with E-state index < -0.39 is 24.3 Å². The molecule has 1 aromatic carbocycles. The monoisotopic (exact) mass is 408 g/mol. The molecule has 8 heteroatoms. The Morgan fingerprint density at radius 2 is 1.80 bits per heavy atom. The fourth-order valence-corrected chi connectivity index (χ4v) is 3.20. The highest BCUT2D eigenvalue weighted by Gasteiger charge is 2.22. The van der Waals surface area contributed by atoms with Gasteiger partial charge in [-0.1, -0.05) is 12.1 Å². The SMILES string of the molecule is CC(=O)c1c(C)[nH]c(C(=O)COC(=O)c2ccccc2NC(=O)c2ccco2)c1C. The number of benzene rings is 1. The quantitative estimate of drug-likeness (QED) is 0.454. The summed E-state index contributed by atoms with van der Waals surface area (Å²) in [6, 6.07) is 9.33. The summed E-state index contributed by atoms with van der Waals surface area (Å²) in [6.45, 7) is 4.27. The van der Waals surface area contributed by atoms with E-state index in [1.54, 1.807) is 32.0 Å². The van der Waals surface area contributed by atoms with Gasteiger partial charge >= 0.3 is 5.97 Å². The molecule has 30 heavy (non-hydrogen) atoms. The van der Waals surface area contributed by atoms with Crippen molar-refractivity contribution in [1.82, 2.24) is 4.98 Å². The van der Waals surface area contributed by atoms with Crippen molar-refractivity contribution in [2.24, 2.45) is 0 Å². The summed E-state index contributed by atoms with van der Waals surface area (Å²) in [7, 11) is 0. The molecule has 0 radical (unpaired) electrons. The van der Waals surface area contributed by atoms with E-state index in [2.05, 4.69) is 10.3 Å². The molecule has 0 atom stereocenters. The Morgan fingerprint density at radius 3 is 2.43 bits per heavy atom. The predicted molar refractivity (Wildman–Crippen MR) is 108 cm³/mol. The highest BCUT2D eigenvalue weighted by molar-refractivity contribution is 6.08. The lowest BCUT2D eigenvalue weighted by Gasteiger charge is -2.10. The number of hydrogen-bond donors (Lipinski definition) is 2. The van der Waals surface area contributed by atoms with Crippen molar-refractivity contribution < 1.29 is 28.3 Å². The summed E-state index contributed by atoms with van der Waals surface area (Å²) in [5.74, 6) is -1.82. The van der Waals surface area contributed by atoms with Gasteiger partial charge in [-0.2, -0.15) is 0 Å². The van der Waals surface area contributed by atoms with Crippen LogP contribution in [0.1, 0.15) is 59.9 Å². The van der Waals surface area contributed by atoms with E-state index in [4.69, 9.17) is 9.15 Å². The second-order valence-electron chi connectivity index (χ2n) is 6.66. The molecule has 2 aromatic heterocycles. The van der Waals surface area contributed by atoms with Crippen LogP contribution in [-0.2, 0) is 4.74 Å². The first-order valence-corrected chi connectivity index (χ1v) is 9.14. The molecule has 0 saturated carbocycles. The number of esters is 1. The minimum atomic E-state index is -0.772. The number of para-hydroxylation sites is 1. The van der Waals surface area contributed by atoms with Crippen LogP contribution >= 0.6 is 0 Å². The molecular formula is C22H20N2O6. The normalized spacial score (nSPS) is 10.5. The topological polar surface area (TPSA) is 118 Å². The lowest BCUT2D eigenvalue weighted by molar-refractivity contribution is 0.0474. The molecule has 2 heterocycles. The molecule has 1 amide bonds. The minimum absolute atomic E-state index is 0.0900. The molecular weight excluding hydrogens is 388 g/mol. The number of aryl methyl sites for hydroxylation is 1. The van der Waals surface area contributed by atoms with Gasteiger partial charge in [0.1, 0.15) is 0 Å². The highest BCUT2D eigenvalue weighted by Crippen LogP contribution is 2.20. The van der Waals surface area contributed by atoms with Crippen LogP contribution in [0.25, 0.3) is 0 Å². The maximum Gasteiger partial charge on any atom is 0.340 e. The van der Waals surface area contributed by atoms with Gasteiger partial charge in [0.15, 0.2) is 18.2 Å². The Hall–Kier alpha value is -3.94. The van der Waals surface area contributed by atoms with Crippen LogP contribution in [-0.4, -0.2) is 35.0 Å². The van der Waals surface area contributed by atoms with Gasteiger partial charge in [-0.3, -0.25) is 14.4 Å². The van der Waals surface area contributed by atoms with Crippen molar-refractivity contribution in [3.8, 4) is 0 Å². The van der Waals surface area contributed by atoms with Gasteiger partial charge in [-0.05, 0) is 50.6 Å². The summed E-state index contributed by atoms with van der Waals surface area (Å²) >= 11 is 0. The van der Waals surface area contributed by atoms with Gasteiger partial charge in [0.2, 0.25) is 5.78 Å². The Labute approximate surface area is 172 Å². The Morgan fingerprint density at radius 1 is 1.07 bits per heavy atom. The van der Waals surface area contributed by atoms with Crippen molar-refractivity contribution in [3.63, 3.8) is 0 Å². The van der Waals surface area contributed by atoms with Crippen molar-refractivity contribution >= 4 is 29.1 Å². The lowest BCUT2D eigenvalue weighted by atomic mass is 10.1. The number of H-pyrrole nitrogens is 1. The van der Waals surface area contributed by atoms with E-state index in [-0.39, 0.29) is 28.5 Å². The number of Topliss-reactive ketones (excluding diaryl/α,β-unsaturated/α-hetero) is 2. The van der Waals surface area contributed by atoms with Gasteiger partial charge < -0.3 is 19.5 Å². The van der Waals surface area contributed by atoms with Crippen molar-refractivity contribution in [2.75, 3.05) is 11.9 Å². The zero-order valence-electron chi connectivity index (χ0n) is 16.7. The molecule has 3 aromatic rings. The second kappa shape index (κ2) is 8.60. The molecule has 3 rings (SSSR count).